The maximum absolute atomic E-state index is 13.1. The number of para-hydroxylation sites is 1. The summed E-state index contributed by atoms with van der Waals surface area (Å²) in [7, 11) is 0. The van der Waals surface area contributed by atoms with Gasteiger partial charge in [-0.2, -0.15) is 0 Å². The van der Waals surface area contributed by atoms with Crippen molar-refractivity contribution in [2.75, 3.05) is 13.1 Å². The van der Waals surface area contributed by atoms with Crippen LogP contribution in [0.1, 0.15) is 34.9 Å². The number of hydrogen-bond acceptors (Lipinski definition) is 3. The van der Waals surface area contributed by atoms with Gasteiger partial charge >= 0.3 is 0 Å². The van der Waals surface area contributed by atoms with Gasteiger partial charge in [0, 0.05) is 42.5 Å². The van der Waals surface area contributed by atoms with Crippen LogP contribution in [0, 0.1) is 0 Å². The lowest BCUT2D eigenvalue weighted by Gasteiger charge is -2.33. The third-order valence-corrected chi connectivity index (χ3v) is 5.40. The van der Waals surface area contributed by atoms with E-state index in [0.717, 1.165) is 35.9 Å². The summed E-state index contributed by atoms with van der Waals surface area (Å²) >= 11 is 0. The fourth-order valence-corrected chi connectivity index (χ4v) is 4.05. The molecule has 0 saturated carbocycles. The Morgan fingerprint density at radius 2 is 1.96 bits per heavy atom. The Labute approximate surface area is 157 Å². The van der Waals surface area contributed by atoms with Gasteiger partial charge in [-0.25, -0.2) is 9.97 Å². The van der Waals surface area contributed by atoms with E-state index in [1.807, 2.05) is 65.8 Å². The molecule has 4 aromatic rings. The van der Waals surface area contributed by atoms with Gasteiger partial charge in [0.15, 0.2) is 0 Å². The Morgan fingerprint density at radius 1 is 1.04 bits per heavy atom. The van der Waals surface area contributed by atoms with Crippen molar-refractivity contribution in [2.45, 2.75) is 18.8 Å². The highest BCUT2D eigenvalue weighted by Gasteiger charge is 2.27. The Morgan fingerprint density at radius 3 is 2.93 bits per heavy atom. The van der Waals surface area contributed by atoms with E-state index in [-0.39, 0.29) is 5.91 Å². The second-order valence-electron chi connectivity index (χ2n) is 7.09. The van der Waals surface area contributed by atoms with E-state index in [9.17, 15) is 4.79 Å². The number of carbonyl (C=O) groups is 1. The highest BCUT2D eigenvalue weighted by atomic mass is 16.2. The molecule has 3 aromatic heterocycles. The lowest BCUT2D eigenvalue weighted by Crippen LogP contribution is -2.39. The lowest BCUT2D eigenvalue weighted by molar-refractivity contribution is 0.0700. The maximum atomic E-state index is 13.1. The zero-order chi connectivity index (χ0) is 18.2. The number of likely N-dealkylation sites (tertiary alicyclic amines) is 1. The molecular formula is C22H20N4O. The van der Waals surface area contributed by atoms with Crippen molar-refractivity contribution in [1.82, 2.24) is 19.3 Å². The molecule has 1 aromatic carbocycles. The SMILES string of the molecule is O=C(c1ccc2ccccc2n1)N1CCC[C@@H](c2cccc3nccn23)C1. The number of imidazole rings is 1. The van der Waals surface area contributed by atoms with Gasteiger partial charge in [-0.3, -0.25) is 4.79 Å². The number of hydrogen-bond donors (Lipinski definition) is 0. The molecule has 27 heavy (non-hydrogen) atoms. The smallest absolute Gasteiger partial charge is 0.272 e. The van der Waals surface area contributed by atoms with Crippen LogP contribution in [0.15, 0.2) is 67.0 Å². The normalized spacial score (nSPS) is 17.5. The van der Waals surface area contributed by atoms with Crippen molar-refractivity contribution in [1.29, 1.82) is 0 Å². The summed E-state index contributed by atoms with van der Waals surface area (Å²) in [5.41, 5.74) is 3.55. The zero-order valence-corrected chi connectivity index (χ0v) is 15.0. The molecule has 134 valence electrons. The van der Waals surface area contributed by atoms with Crippen LogP contribution in [0.2, 0.25) is 0 Å². The molecule has 0 radical (unpaired) electrons. The fourth-order valence-electron chi connectivity index (χ4n) is 4.05. The first-order valence-corrected chi connectivity index (χ1v) is 9.37. The van der Waals surface area contributed by atoms with Crippen molar-refractivity contribution in [2.24, 2.45) is 0 Å². The van der Waals surface area contributed by atoms with E-state index in [2.05, 4.69) is 20.4 Å². The second kappa shape index (κ2) is 6.50. The monoisotopic (exact) mass is 356 g/mol. The van der Waals surface area contributed by atoms with Crippen molar-refractivity contribution in [3.63, 3.8) is 0 Å². The summed E-state index contributed by atoms with van der Waals surface area (Å²) in [5.74, 6) is 0.323. The van der Waals surface area contributed by atoms with E-state index in [1.54, 1.807) is 0 Å². The standard InChI is InChI=1S/C22H20N4O/c27-22(19-11-10-16-5-1-2-7-18(16)24-19)25-13-4-6-17(15-25)20-8-3-9-21-23-12-14-26(20)21/h1-3,5,7-12,14,17H,4,6,13,15H2/t17-/m1/s1. The van der Waals surface area contributed by atoms with Gasteiger partial charge in [0.25, 0.3) is 5.91 Å². The highest BCUT2D eigenvalue weighted by molar-refractivity contribution is 5.95. The summed E-state index contributed by atoms with van der Waals surface area (Å²) in [4.78, 5) is 24.0. The maximum Gasteiger partial charge on any atom is 0.272 e. The molecule has 1 aliphatic heterocycles. The first kappa shape index (κ1) is 16.0. The number of benzene rings is 1. The molecule has 5 heteroatoms. The summed E-state index contributed by atoms with van der Waals surface area (Å²) in [6, 6.07) is 17.9. The van der Waals surface area contributed by atoms with E-state index in [4.69, 9.17) is 0 Å². The van der Waals surface area contributed by atoms with Crippen molar-refractivity contribution >= 4 is 22.5 Å². The summed E-state index contributed by atoms with van der Waals surface area (Å²) < 4.78 is 2.13. The van der Waals surface area contributed by atoms with Crippen molar-refractivity contribution < 1.29 is 4.79 Å². The molecule has 0 N–H and O–H groups in total. The van der Waals surface area contributed by atoms with Gasteiger partial charge in [0.05, 0.1) is 5.52 Å². The van der Waals surface area contributed by atoms with Crippen molar-refractivity contribution in [3.05, 3.63) is 78.4 Å². The molecule has 1 aliphatic rings. The quantitative estimate of drug-likeness (QED) is 0.547. The van der Waals surface area contributed by atoms with Crippen LogP contribution in [0.25, 0.3) is 16.6 Å². The summed E-state index contributed by atoms with van der Waals surface area (Å²) in [5, 5.41) is 1.05. The Hall–Kier alpha value is -3.21. The van der Waals surface area contributed by atoms with Crippen LogP contribution in [-0.4, -0.2) is 38.3 Å². The predicted octanol–water partition coefficient (Wildman–Crippen LogP) is 3.90. The van der Waals surface area contributed by atoms with Gasteiger partial charge in [0.1, 0.15) is 11.3 Å². The van der Waals surface area contributed by atoms with E-state index >= 15 is 0 Å². The number of rotatable bonds is 2. The lowest BCUT2D eigenvalue weighted by atomic mass is 9.93. The number of piperidine rings is 1. The van der Waals surface area contributed by atoms with Gasteiger partial charge in [-0.1, -0.05) is 30.3 Å². The zero-order valence-electron chi connectivity index (χ0n) is 15.0. The van der Waals surface area contributed by atoms with Crippen LogP contribution < -0.4 is 0 Å². The fraction of sp³-hybridized carbons (Fsp3) is 0.227. The van der Waals surface area contributed by atoms with Crippen LogP contribution in [0.4, 0.5) is 0 Å². The number of aromatic nitrogens is 3. The molecule has 4 heterocycles. The van der Waals surface area contributed by atoms with Gasteiger partial charge in [-0.05, 0) is 37.1 Å². The minimum absolute atomic E-state index is 0.0169. The average molecular weight is 356 g/mol. The van der Waals surface area contributed by atoms with Gasteiger partial charge in [0.2, 0.25) is 0 Å². The molecule has 0 spiro atoms. The first-order chi connectivity index (χ1) is 13.3. The molecule has 0 aliphatic carbocycles. The molecule has 1 amide bonds. The molecule has 5 nitrogen and oxygen atoms in total. The third kappa shape index (κ3) is 2.85. The van der Waals surface area contributed by atoms with E-state index < -0.39 is 0 Å². The number of fused-ring (bicyclic) bond motifs is 2. The number of nitrogens with zero attached hydrogens (tertiary/aromatic N) is 4. The Balaban J connectivity index is 1.43. The molecule has 1 fully saturated rings. The third-order valence-electron chi connectivity index (χ3n) is 5.40. The van der Waals surface area contributed by atoms with Crippen LogP contribution in [0.3, 0.4) is 0 Å². The summed E-state index contributed by atoms with van der Waals surface area (Å²) in [6.07, 6.45) is 5.89. The Kier molecular flexibility index (Phi) is 3.85. The molecule has 0 bridgehead atoms. The topological polar surface area (TPSA) is 50.5 Å². The minimum atomic E-state index is 0.0169. The number of pyridine rings is 2. The summed E-state index contributed by atoms with van der Waals surface area (Å²) in [6.45, 7) is 1.49. The van der Waals surface area contributed by atoms with Crippen LogP contribution in [0.5, 0.6) is 0 Å². The molecule has 0 unspecified atom stereocenters. The largest absolute Gasteiger partial charge is 0.337 e. The number of carbonyl (C=O) groups excluding carboxylic acids is 1. The first-order valence-electron chi connectivity index (χ1n) is 9.37. The van der Waals surface area contributed by atoms with E-state index in [1.165, 1.54) is 5.69 Å². The minimum Gasteiger partial charge on any atom is -0.337 e. The van der Waals surface area contributed by atoms with Gasteiger partial charge in [-0.15, -0.1) is 0 Å². The van der Waals surface area contributed by atoms with Crippen molar-refractivity contribution in [3.8, 4) is 0 Å². The molecular weight excluding hydrogens is 336 g/mol. The Bertz CT molecular complexity index is 1130. The molecule has 1 atom stereocenters. The second-order valence-corrected chi connectivity index (χ2v) is 7.09. The molecule has 5 rings (SSSR count). The van der Waals surface area contributed by atoms with Gasteiger partial charge < -0.3 is 9.30 Å². The molecule has 1 saturated heterocycles. The average Bonchev–Trinajstić information content (AvgIpc) is 3.22. The number of amides is 1. The van der Waals surface area contributed by atoms with Crippen LogP contribution in [-0.2, 0) is 0 Å². The van der Waals surface area contributed by atoms with Crippen LogP contribution >= 0.6 is 0 Å². The van der Waals surface area contributed by atoms with E-state index in [0.29, 0.717) is 18.2 Å². The highest BCUT2D eigenvalue weighted by Crippen LogP contribution is 2.28. The predicted molar refractivity (Wildman–Crippen MR) is 105 cm³/mol.